The molecule has 0 aliphatic heterocycles. The highest BCUT2D eigenvalue weighted by Gasteiger charge is 2.07. The highest BCUT2D eigenvalue weighted by Crippen LogP contribution is 2.27. The number of benzene rings is 1. The zero-order valence-electron chi connectivity index (χ0n) is 7.86. The molecule has 0 aliphatic rings. The van der Waals surface area contributed by atoms with Gasteiger partial charge in [0.2, 0.25) is 6.08 Å². The Balaban J connectivity index is 3.01. The van der Waals surface area contributed by atoms with E-state index in [0.717, 1.165) is 0 Å². The summed E-state index contributed by atoms with van der Waals surface area (Å²) < 4.78 is 5.27. The number of nitrogens with zero attached hydrogens (tertiary/aromatic N) is 1. The van der Waals surface area contributed by atoms with Gasteiger partial charge in [-0.25, -0.2) is 9.79 Å². The van der Waals surface area contributed by atoms with Gasteiger partial charge in [-0.05, 0) is 19.1 Å². The smallest absolute Gasteiger partial charge is 0.235 e. The lowest BCUT2D eigenvalue weighted by atomic mass is 10.2. The average molecular weight is 193 g/mol. The molecule has 0 amide bonds. The fourth-order valence-electron chi connectivity index (χ4n) is 1.12. The van der Waals surface area contributed by atoms with Crippen molar-refractivity contribution in [3.8, 4) is 11.5 Å². The number of hydrogen-bond acceptors (Lipinski definition) is 4. The summed E-state index contributed by atoms with van der Waals surface area (Å²) in [6, 6.07) is 4.92. The van der Waals surface area contributed by atoms with Crippen LogP contribution in [0.15, 0.2) is 23.2 Å². The Labute approximate surface area is 81.9 Å². The van der Waals surface area contributed by atoms with Gasteiger partial charge < -0.3 is 9.84 Å². The molecule has 0 bridgehead atoms. The molecule has 0 saturated heterocycles. The second-order valence-electron chi connectivity index (χ2n) is 2.59. The van der Waals surface area contributed by atoms with Crippen LogP contribution in [0.25, 0.3) is 0 Å². The fourth-order valence-corrected chi connectivity index (χ4v) is 1.12. The van der Waals surface area contributed by atoms with Crippen molar-refractivity contribution >= 4 is 6.08 Å². The van der Waals surface area contributed by atoms with Gasteiger partial charge in [-0.15, -0.1) is 0 Å². The van der Waals surface area contributed by atoms with Crippen molar-refractivity contribution in [2.45, 2.75) is 13.5 Å². The molecular formula is C10H11NO3. The lowest BCUT2D eigenvalue weighted by Gasteiger charge is -2.08. The lowest BCUT2D eigenvalue weighted by Crippen LogP contribution is -1.96. The van der Waals surface area contributed by atoms with E-state index in [0.29, 0.717) is 17.9 Å². The summed E-state index contributed by atoms with van der Waals surface area (Å²) in [6.07, 6.45) is 1.42. The summed E-state index contributed by atoms with van der Waals surface area (Å²) in [5.74, 6) is 0.626. The standard InChI is InChI=1S/C10H11NO3/c1-2-14-10-5-3-4-9(13)8(10)6-11-7-12/h3-5,13H,2,6H2,1H3. The Kier molecular flexibility index (Phi) is 3.70. The van der Waals surface area contributed by atoms with Crippen LogP contribution in [0.5, 0.6) is 11.5 Å². The topological polar surface area (TPSA) is 58.9 Å². The minimum atomic E-state index is 0.0787. The molecule has 1 aromatic rings. The van der Waals surface area contributed by atoms with E-state index in [9.17, 15) is 9.90 Å². The molecule has 0 spiro atoms. The quantitative estimate of drug-likeness (QED) is 0.584. The minimum Gasteiger partial charge on any atom is -0.507 e. The van der Waals surface area contributed by atoms with Crippen LogP contribution in [0.3, 0.4) is 0 Å². The van der Waals surface area contributed by atoms with E-state index in [1.54, 1.807) is 12.1 Å². The van der Waals surface area contributed by atoms with Gasteiger partial charge in [-0.3, -0.25) is 0 Å². The molecule has 4 nitrogen and oxygen atoms in total. The number of hydrogen-bond donors (Lipinski definition) is 1. The van der Waals surface area contributed by atoms with E-state index >= 15 is 0 Å². The van der Waals surface area contributed by atoms with Gasteiger partial charge in [-0.2, -0.15) is 0 Å². The van der Waals surface area contributed by atoms with Gasteiger partial charge in [-0.1, -0.05) is 6.07 Å². The van der Waals surface area contributed by atoms with E-state index in [2.05, 4.69) is 4.99 Å². The molecule has 1 N–H and O–H groups in total. The van der Waals surface area contributed by atoms with Gasteiger partial charge in [0.05, 0.1) is 18.7 Å². The van der Waals surface area contributed by atoms with Crippen molar-refractivity contribution in [1.82, 2.24) is 0 Å². The molecule has 0 radical (unpaired) electrons. The van der Waals surface area contributed by atoms with Crippen LogP contribution in [-0.2, 0) is 11.3 Å². The Morgan fingerprint density at radius 1 is 1.57 bits per heavy atom. The Bertz CT molecular complexity index is 356. The molecule has 74 valence electrons. The van der Waals surface area contributed by atoms with Gasteiger partial charge in [0.15, 0.2) is 0 Å². The number of aliphatic imine (C=N–C) groups is 1. The molecule has 14 heavy (non-hydrogen) atoms. The molecule has 0 aromatic heterocycles. The molecule has 1 rings (SSSR count). The van der Waals surface area contributed by atoms with E-state index in [1.807, 2.05) is 6.92 Å². The van der Waals surface area contributed by atoms with E-state index in [1.165, 1.54) is 12.1 Å². The predicted octanol–water partition coefficient (Wildman–Crippen LogP) is 1.63. The molecule has 0 aliphatic carbocycles. The van der Waals surface area contributed by atoms with Gasteiger partial charge in [0.1, 0.15) is 11.5 Å². The van der Waals surface area contributed by atoms with Crippen molar-refractivity contribution < 1.29 is 14.6 Å². The highest BCUT2D eigenvalue weighted by molar-refractivity contribution is 5.45. The summed E-state index contributed by atoms with van der Waals surface area (Å²) >= 11 is 0. The first kappa shape index (κ1) is 10.3. The summed E-state index contributed by atoms with van der Waals surface area (Å²) in [5, 5.41) is 9.47. The number of ether oxygens (including phenoxy) is 1. The zero-order valence-corrected chi connectivity index (χ0v) is 7.86. The van der Waals surface area contributed by atoms with E-state index in [4.69, 9.17) is 4.74 Å². The van der Waals surface area contributed by atoms with Crippen LogP contribution in [-0.4, -0.2) is 17.8 Å². The molecule has 0 saturated carbocycles. The number of carbonyl (C=O) groups excluding carboxylic acids is 1. The maximum atomic E-state index is 9.94. The molecular weight excluding hydrogens is 182 g/mol. The molecule has 0 heterocycles. The normalized spacial score (nSPS) is 9.21. The molecule has 4 heteroatoms. The summed E-state index contributed by atoms with van der Waals surface area (Å²) in [5.41, 5.74) is 0.512. The van der Waals surface area contributed by atoms with Crippen LogP contribution in [0.2, 0.25) is 0 Å². The SMILES string of the molecule is CCOc1cccc(O)c1CN=C=O. The number of aromatic hydroxyl groups is 1. The number of rotatable bonds is 4. The maximum Gasteiger partial charge on any atom is 0.235 e. The first-order valence-corrected chi connectivity index (χ1v) is 4.27. The van der Waals surface area contributed by atoms with Crippen LogP contribution < -0.4 is 4.74 Å². The fraction of sp³-hybridized carbons (Fsp3) is 0.300. The Morgan fingerprint density at radius 3 is 3.00 bits per heavy atom. The monoisotopic (exact) mass is 193 g/mol. The van der Waals surface area contributed by atoms with Crippen molar-refractivity contribution in [3.63, 3.8) is 0 Å². The zero-order chi connectivity index (χ0) is 10.4. The highest BCUT2D eigenvalue weighted by atomic mass is 16.5. The molecule has 0 fully saturated rings. The summed E-state index contributed by atoms with van der Waals surface area (Å²) in [6.45, 7) is 2.43. The first-order valence-electron chi connectivity index (χ1n) is 4.27. The third-order valence-corrected chi connectivity index (χ3v) is 1.71. The van der Waals surface area contributed by atoms with Gasteiger partial charge >= 0.3 is 0 Å². The third-order valence-electron chi connectivity index (χ3n) is 1.71. The predicted molar refractivity (Wildman–Crippen MR) is 51.1 cm³/mol. The second kappa shape index (κ2) is 5.04. The number of isocyanates is 1. The number of phenols is 1. The largest absolute Gasteiger partial charge is 0.507 e. The third kappa shape index (κ3) is 2.34. The average Bonchev–Trinajstić information content (AvgIpc) is 2.18. The lowest BCUT2D eigenvalue weighted by molar-refractivity contribution is 0.333. The first-order chi connectivity index (χ1) is 6.79. The van der Waals surface area contributed by atoms with Crippen LogP contribution in [0.4, 0.5) is 0 Å². The van der Waals surface area contributed by atoms with Gasteiger partial charge in [0, 0.05) is 0 Å². The molecule has 0 atom stereocenters. The van der Waals surface area contributed by atoms with E-state index in [-0.39, 0.29) is 12.3 Å². The molecule has 0 unspecified atom stereocenters. The van der Waals surface area contributed by atoms with Crippen molar-refractivity contribution in [2.24, 2.45) is 4.99 Å². The minimum absolute atomic E-state index is 0.0787. The van der Waals surface area contributed by atoms with E-state index < -0.39 is 0 Å². The Morgan fingerprint density at radius 2 is 2.36 bits per heavy atom. The van der Waals surface area contributed by atoms with Crippen LogP contribution in [0, 0.1) is 0 Å². The maximum absolute atomic E-state index is 9.94. The van der Waals surface area contributed by atoms with Crippen molar-refractivity contribution in [1.29, 1.82) is 0 Å². The van der Waals surface area contributed by atoms with Crippen LogP contribution in [0.1, 0.15) is 12.5 Å². The van der Waals surface area contributed by atoms with Crippen molar-refractivity contribution in [3.05, 3.63) is 23.8 Å². The second-order valence-corrected chi connectivity index (χ2v) is 2.59. The van der Waals surface area contributed by atoms with Crippen LogP contribution >= 0.6 is 0 Å². The Hall–Kier alpha value is -1.80. The molecule has 1 aromatic carbocycles. The van der Waals surface area contributed by atoms with Crippen molar-refractivity contribution in [2.75, 3.05) is 6.61 Å². The van der Waals surface area contributed by atoms with Gasteiger partial charge in [0.25, 0.3) is 0 Å². The summed E-state index contributed by atoms with van der Waals surface area (Å²) in [4.78, 5) is 13.3. The number of phenolic OH excluding ortho intramolecular Hbond substituents is 1. The summed E-state index contributed by atoms with van der Waals surface area (Å²) in [7, 11) is 0.